The van der Waals surface area contributed by atoms with Crippen molar-refractivity contribution in [3.05, 3.63) is 30.7 Å². The lowest BCUT2D eigenvalue weighted by molar-refractivity contribution is -0.129. The molecule has 6 heteroatoms. The van der Waals surface area contributed by atoms with Gasteiger partial charge in [0.15, 0.2) is 0 Å². The van der Waals surface area contributed by atoms with Gasteiger partial charge in [-0.2, -0.15) is 5.10 Å². The van der Waals surface area contributed by atoms with Gasteiger partial charge in [0.25, 0.3) is 0 Å². The van der Waals surface area contributed by atoms with Crippen molar-refractivity contribution >= 4 is 11.7 Å². The number of nitrogen functional groups attached to an aromatic ring is 1. The first-order valence-electron chi connectivity index (χ1n) is 5.51. The summed E-state index contributed by atoms with van der Waals surface area (Å²) in [5.74, 6) is 0.481. The van der Waals surface area contributed by atoms with Crippen molar-refractivity contribution in [2.45, 2.75) is 6.54 Å². The molecule has 2 aromatic rings. The molecular weight excluding hydrogens is 230 g/mol. The van der Waals surface area contributed by atoms with E-state index in [-0.39, 0.29) is 12.5 Å². The average Bonchev–Trinajstić information content (AvgIpc) is 2.78. The van der Waals surface area contributed by atoms with E-state index < -0.39 is 0 Å². The van der Waals surface area contributed by atoms with Gasteiger partial charge in [0.2, 0.25) is 5.91 Å². The van der Waals surface area contributed by atoms with Gasteiger partial charge in [-0.15, -0.1) is 0 Å². The van der Waals surface area contributed by atoms with Crippen molar-refractivity contribution in [3.8, 4) is 11.1 Å². The van der Waals surface area contributed by atoms with Crippen LogP contribution in [0.2, 0.25) is 0 Å². The van der Waals surface area contributed by atoms with Gasteiger partial charge in [-0.05, 0) is 12.1 Å². The van der Waals surface area contributed by atoms with Crippen LogP contribution in [-0.4, -0.2) is 39.7 Å². The highest BCUT2D eigenvalue weighted by atomic mass is 16.2. The number of nitrogens with two attached hydrogens (primary N) is 1. The maximum atomic E-state index is 11.5. The van der Waals surface area contributed by atoms with Gasteiger partial charge in [0, 0.05) is 37.6 Å². The SMILES string of the molecule is CN(C)C(=O)Cn1cc(-c2ccc(N)nc2)cn1. The van der Waals surface area contributed by atoms with Crippen LogP contribution in [0.4, 0.5) is 5.82 Å². The third kappa shape index (κ3) is 2.65. The second kappa shape index (κ2) is 4.87. The molecule has 0 aromatic carbocycles. The number of likely N-dealkylation sites (N-methyl/N-ethyl adjacent to an activating group) is 1. The van der Waals surface area contributed by atoms with Crippen molar-refractivity contribution in [3.63, 3.8) is 0 Å². The molecule has 0 aliphatic heterocycles. The number of carbonyl (C=O) groups excluding carboxylic acids is 1. The van der Waals surface area contributed by atoms with Gasteiger partial charge < -0.3 is 10.6 Å². The summed E-state index contributed by atoms with van der Waals surface area (Å²) in [6.45, 7) is 0.232. The molecule has 0 aliphatic rings. The van der Waals surface area contributed by atoms with Crippen molar-refractivity contribution in [1.29, 1.82) is 0 Å². The van der Waals surface area contributed by atoms with Crippen LogP contribution in [0, 0.1) is 0 Å². The quantitative estimate of drug-likeness (QED) is 0.859. The summed E-state index contributed by atoms with van der Waals surface area (Å²) in [6, 6.07) is 3.61. The highest BCUT2D eigenvalue weighted by molar-refractivity contribution is 5.75. The summed E-state index contributed by atoms with van der Waals surface area (Å²) < 4.78 is 1.61. The molecule has 1 amide bonds. The van der Waals surface area contributed by atoms with Crippen LogP contribution in [0.1, 0.15) is 0 Å². The first-order chi connectivity index (χ1) is 8.56. The smallest absolute Gasteiger partial charge is 0.243 e. The van der Waals surface area contributed by atoms with E-state index in [1.165, 1.54) is 4.90 Å². The lowest BCUT2D eigenvalue weighted by Gasteiger charge is -2.09. The molecule has 0 saturated carbocycles. The van der Waals surface area contributed by atoms with Crippen LogP contribution in [0.15, 0.2) is 30.7 Å². The Morgan fingerprint density at radius 3 is 2.72 bits per heavy atom. The third-order valence-electron chi connectivity index (χ3n) is 2.55. The van der Waals surface area contributed by atoms with E-state index in [9.17, 15) is 4.79 Å². The van der Waals surface area contributed by atoms with Gasteiger partial charge in [-0.1, -0.05) is 0 Å². The fraction of sp³-hybridized carbons (Fsp3) is 0.250. The average molecular weight is 245 g/mol. The van der Waals surface area contributed by atoms with Gasteiger partial charge >= 0.3 is 0 Å². The van der Waals surface area contributed by atoms with Gasteiger partial charge in [-0.25, -0.2) is 4.98 Å². The lowest BCUT2D eigenvalue weighted by atomic mass is 10.2. The van der Waals surface area contributed by atoms with Crippen LogP contribution in [-0.2, 0) is 11.3 Å². The normalized spacial score (nSPS) is 10.3. The van der Waals surface area contributed by atoms with Gasteiger partial charge in [-0.3, -0.25) is 9.48 Å². The first-order valence-corrected chi connectivity index (χ1v) is 5.51. The zero-order valence-electron chi connectivity index (χ0n) is 10.4. The highest BCUT2D eigenvalue weighted by Gasteiger charge is 2.07. The molecule has 0 bridgehead atoms. The van der Waals surface area contributed by atoms with E-state index in [1.54, 1.807) is 37.2 Å². The molecule has 6 nitrogen and oxygen atoms in total. The summed E-state index contributed by atoms with van der Waals surface area (Å²) in [5.41, 5.74) is 7.36. The molecule has 18 heavy (non-hydrogen) atoms. The van der Waals surface area contributed by atoms with Crippen LogP contribution in [0.25, 0.3) is 11.1 Å². The minimum atomic E-state index is 0.0000751. The summed E-state index contributed by atoms with van der Waals surface area (Å²) in [6.07, 6.45) is 5.20. The number of nitrogens with zero attached hydrogens (tertiary/aromatic N) is 4. The Balaban J connectivity index is 2.15. The molecule has 2 rings (SSSR count). The zero-order chi connectivity index (χ0) is 13.1. The number of rotatable bonds is 3. The molecule has 0 aliphatic carbocycles. The summed E-state index contributed by atoms with van der Waals surface area (Å²) in [4.78, 5) is 17.1. The first kappa shape index (κ1) is 12.1. The Labute approximate surface area is 105 Å². The van der Waals surface area contributed by atoms with Crippen molar-refractivity contribution < 1.29 is 4.79 Å². The molecule has 0 unspecified atom stereocenters. The van der Waals surface area contributed by atoms with E-state index in [0.717, 1.165) is 11.1 Å². The summed E-state index contributed by atoms with van der Waals surface area (Å²) in [5, 5.41) is 4.15. The van der Waals surface area contributed by atoms with E-state index in [1.807, 2.05) is 12.3 Å². The van der Waals surface area contributed by atoms with Crippen LogP contribution in [0.5, 0.6) is 0 Å². The lowest BCUT2D eigenvalue weighted by Crippen LogP contribution is -2.26. The second-order valence-electron chi connectivity index (χ2n) is 4.19. The number of pyridine rings is 1. The van der Waals surface area contributed by atoms with Gasteiger partial charge in [0.05, 0.1) is 6.20 Å². The molecule has 2 aromatic heterocycles. The molecule has 94 valence electrons. The molecule has 2 N–H and O–H groups in total. The van der Waals surface area contributed by atoms with E-state index in [0.29, 0.717) is 5.82 Å². The Kier molecular flexibility index (Phi) is 3.27. The van der Waals surface area contributed by atoms with E-state index in [2.05, 4.69) is 10.1 Å². The fourth-order valence-corrected chi connectivity index (χ4v) is 1.46. The predicted octanol–water partition coefficient (Wildman–Crippen LogP) is 0.615. The van der Waals surface area contributed by atoms with Crippen molar-refractivity contribution in [1.82, 2.24) is 19.7 Å². The third-order valence-corrected chi connectivity index (χ3v) is 2.55. The molecule has 0 fully saturated rings. The maximum absolute atomic E-state index is 11.5. The standard InChI is InChI=1S/C12H15N5O/c1-16(2)12(18)8-17-7-10(6-15-17)9-3-4-11(13)14-5-9/h3-7H,8H2,1-2H3,(H2,13,14). The molecular formula is C12H15N5O. The molecule has 2 heterocycles. The monoisotopic (exact) mass is 245 g/mol. The number of anilines is 1. The van der Waals surface area contributed by atoms with Crippen molar-refractivity contribution in [2.75, 3.05) is 19.8 Å². The molecule has 0 saturated heterocycles. The summed E-state index contributed by atoms with van der Waals surface area (Å²) >= 11 is 0. The number of hydrogen-bond donors (Lipinski definition) is 1. The highest BCUT2D eigenvalue weighted by Crippen LogP contribution is 2.17. The minimum Gasteiger partial charge on any atom is -0.384 e. The topological polar surface area (TPSA) is 77.0 Å². The largest absolute Gasteiger partial charge is 0.384 e. The molecule has 0 radical (unpaired) electrons. The number of hydrogen-bond acceptors (Lipinski definition) is 4. The zero-order valence-corrected chi connectivity index (χ0v) is 10.4. The Hall–Kier alpha value is -2.37. The number of amides is 1. The Morgan fingerprint density at radius 1 is 1.33 bits per heavy atom. The van der Waals surface area contributed by atoms with Gasteiger partial charge in [0.1, 0.15) is 12.4 Å². The Bertz CT molecular complexity index is 544. The van der Waals surface area contributed by atoms with Crippen LogP contribution < -0.4 is 5.73 Å². The van der Waals surface area contributed by atoms with E-state index in [4.69, 9.17) is 5.73 Å². The summed E-state index contributed by atoms with van der Waals surface area (Å²) in [7, 11) is 3.44. The minimum absolute atomic E-state index is 0.0000751. The maximum Gasteiger partial charge on any atom is 0.243 e. The van der Waals surface area contributed by atoms with Crippen LogP contribution >= 0.6 is 0 Å². The number of carbonyl (C=O) groups is 1. The Morgan fingerprint density at radius 2 is 2.11 bits per heavy atom. The van der Waals surface area contributed by atoms with Crippen LogP contribution in [0.3, 0.4) is 0 Å². The molecule has 0 atom stereocenters. The fourth-order valence-electron chi connectivity index (χ4n) is 1.46. The second-order valence-corrected chi connectivity index (χ2v) is 4.19. The number of aromatic nitrogens is 3. The van der Waals surface area contributed by atoms with E-state index >= 15 is 0 Å². The van der Waals surface area contributed by atoms with Crippen molar-refractivity contribution in [2.24, 2.45) is 0 Å². The predicted molar refractivity (Wildman–Crippen MR) is 68.6 cm³/mol. The molecule has 0 spiro atoms.